The van der Waals surface area contributed by atoms with Crippen molar-refractivity contribution < 1.29 is 102 Å². The molecule has 0 saturated carbocycles. The van der Waals surface area contributed by atoms with Crippen LogP contribution in [-0.4, -0.2) is 164 Å². The van der Waals surface area contributed by atoms with Crippen molar-refractivity contribution in [1.29, 1.82) is 0 Å². The van der Waals surface area contributed by atoms with Gasteiger partial charge in [-0.25, -0.2) is 4.57 Å². The van der Waals surface area contributed by atoms with Gasteiger partial charge in [0.2, 0.25) is 11.8 Å². The largest absolute Gasteiger partial charge is 0.495 e. The minimum Gasteiger partial charge on any atom is -0.495 e. The van der Waals surface area contributed by atoms with Gasteiger partial charge in [0.25, 0.3) is 0 Å². The monoisotopic (exact) mass is 1810 g/mol. The van der Waals surface area contributed by atoms with Crippen molar-refractivity contribution in [1.82, 2.24) is 10.6 Å². The summed E-state index contributed by atoms with van der Waals surface area (Å²) in [5.41, 5.74) is 0. The number of hydrogen-bond acceptors (Lipinski definition) is 19. The second kappa shape index (κ2) is 80.2. The molecule has 24 heteroatoms. The molecule has 2 fully saturated rings. The molecule has 2 amide bonds. The molecule has 0 aliphatic carbocycles. The Morgan fingerprint density at radius 2 is 0.722 bits per heavy atom. The maximum Gasteiger partial charge on any atom is 0.470 e. The summed E-state index contributed by atoms with van der Waals surface area (Å²) in [6, 6.07) is -3.39. The van der Waals surface area contributed by atoms with Crippen molar-refractivity contribution in [3.05, 3.63) is 12.3 Å². The number of ether oxygens (including phenoxy) is 7. The lowest BCUT2D eigenvalue weighted by Gasteiger charge is -2.46. The first-order valence-electron chi connectivity index (χ1n) is 52.5. The van der Waals surface area contributed by atoms with Gasteiger partial charge in [-0.3, -0.25) is 28.5 Å². The Morgan fingerprint density at radius 1 is 0.373 bits per heavy atom. The Labute approximate surface area is 767 Å². The van der Waals surface area contributed by atoms with Crippen molar-refractivity contribution in [2.45, 2.75) is 590 Å². The highest BCUT2D eigenvalue weighted by atomic mass is 31.2. The van der Waals surface area contributed by atoms with Crippen LogP contribution in [0.25, 0.3) is 0 Å². The zero-order valence-corrected chi connectivity index (χ0v) is 82.2. The lowest BCUT2D eigenvalue weighted by Crippen LogP contribution is -2.68. The van der Waals surface area contributed by atoms with Crippen molar-refractivity contribution >= 4 is 37.5 Å². The van der Waals surface area contributed by atoms with E-state index in [0.29, 0.717) is 50.7 Å². The highest BCUT2D eigenvalue weighted by Crippen LogP contribution is 2.43. The average Bonchev–Trinajstić information content (AvgIpc) is 0.778. The SMILES string of the molecule is C=C(CCCCCCCCCCCCCCC)OC(CCCCCCCCCCC)CC(=O)NC1C(O)OC(CO[C@@H]2OC(CO)[C@@H](OP(=O)(O)O)[C@H](OC(=O)CC(CCCCCCCCCCC)OC(=O)CCCCCCCCCCCC(C)CCC)C2NC(=O)CC(O)CCCCCCCCCCC)[C@@H](O)[C@@H]1OC(=O)CC(O)CCCCCCCCCCC. The molecule has 23 nitrogen and oxygen atoms in total. The van der Waals surface area contributed by atoms with Gasteiger partial charge in [-0.15, -0.1) is 0 Å². The first-order chi connectivity index (χ1) is 61.0. The van der Waals surface area contributed by atoms with Crippen LogP contribution in [0.4, 0.5) is 0 Å². The molecular formula is C102H193N2O21P. The zero-order valence-electron chi connectivity index (χ0n) is 81.3. The van der Waals surface area contributed by atoms with Crippen LogP contribution in [0.1, 0.15) is 504 Å². The third-order valence-corrected chi connectivity index (χ3v) is 26.1. The first kappa shape index (κ1) is 119. The third kappa shape index (κ3) is 63.7. The van der Waals surface area contributed by atoms with Gasteiger partial charge < -0.3 is 79.1 Å². The van der Waals surface area contributed by atoms with Crippen LogP contribution in [0.5, 0.6) is 0 Å². The molecule has 0 aromatic heterocycles. The van der Waals surface area contributed by atoms with Crippen molar-refractivity contribution in [3.63, 3.8) is 0 Å². The molecule has 0 aromatic carbocycles. The van der Waals surface area contributed by atoms with Crippen LogP contribution in [0.2, 0.25) is 0 Å². The van der Waals surface area contributed by atoms with Crippen molar-refractivity contribution in [2.75, 3.05) is 13.2 Å². The fraction of sp³-hybridized carbons (Fsp3) is 0.931. The molecule has 0 aromatic rings. The summed E-state index contributed by atoms with van der Waals surface area (Å²) in [7, 11) is -5.58. The summed E-state index contributed by atoms with van der Waals surface area (Å²) >= 11 is 0. The number of allylic oxidation sites excluding steroid dienone is 1. The number of carbonyl (C=O) groups is 5. The summed E-state index contributed by atoms with van der Waals surface area (Å²) in [5.74, 6) is -2.54. The number of nitrogens with one attached hydrogen (secondary N) is 2. The fourth-order valence-corrected chi connectivity index (χ4v) is 18.5. The Balaban J connectivity index is 2.64. The van der Waals surface area contributed by atoms with E-state index in [1.54, 1.807) is 0 Å². The molecule has 742 valence electrons. The fourth-order valence-electron chi connectivity index (χ4n) is 17.9. The molecule has 15 atom stereocenters. The van der Waals surface area contributed by atoms with Crippen LogP contribution in [0, 0.1) is 5.92 Å². The minimum absolute atomic E-state index is 0.122. The third-order valence-electron chi connectivity index (χ3n) is 25.6. The van der Waals surface area contributed by atoms with Gasteiger partial charge in [0.1, 0.15) is 48.7 Å². The molecule has 2 rings (SSSR count). The number of aliphatic hydroxyl groups excluding tert-OH is 5. The second-order valence-corrected chi connectivity index (χ2v) is 39.1. The van der Waals surface area contributed by atoms with E-state index in [9.17, 15) is 63.9 Å². The predicted molar refractivity (Wildman–Crippen MR) is 506 cm³/mol. The van der Waals surface area contributed by atoms with E-state index in [-0.39, 0.29) is 25.7 Å². The molecule has 126 heavy (non-hydrogen) atoms. The van der Waals surface area contributed by atoms with E-state index >= 15 is 0 Å². The van der Waals surface area contributed by atoms with E-state index in [2.05, 4.69) is 65.7 Å². The predicted octanol–water partition coefficient (Wildman–Crippen LogP) is 24.1. The highest BCUT2D eigenvalue weighted by Gasteiger charge is 2.54. The van der Waals surface area contributed by atoms with Crippen LogP contribution >= 0.6 is 7.82 Å². The molecule has 2 saturated heterocycles. The number of hydrogen-bond donors (Lipinski definition) is 9. The number of esters is 3. The van der Waals surface area contributed by atoms with E-state index in [1.165, 1.54) is 180 Å². The lowest BCUT2D eigenvalue weighted by atomic mass is 9.95. The molecule has 2 aliphatic heterocycles. The number of aliphatic hydroxyl groups is 5. The van der Waals surface area contributed by atoms with Gasteiger partial charge in [0.05, 0.1) is 56.9 Å². The summed E-state index contributed by atoms with van der Waals surface area (Å²) < 4.78 is 62.2. The lowest BCUT2D eigenvalue weighted by molar-refractivity contribution is -0.298. The van der Waals surface area contributed by atoms with Crippen LogP contribution in [0.15, 0.2) is 12.3 Å². The summed E-state index contributed by atoms with van der Waals surface area (Å²) in [6.07, 6.45) is 48.1. The van der Waals surface area contributed by atoms with Gasteiger partial charge >= 0.3 is 25.7 Å². The van der Waals surface area contributed by atoms with Crippen LogP contribution < -0.4 is 10.6 Å². The normalized spacial score (nSPS) is 20.3. The number of carbonyl (C=O) groups excluding carboxylic acids is 5. The van der Waals surface area contributed by atoms with Gasteiger partial charge in [-0.1, -0.05) is 421 Å². The van der Waals surface area contributed by atoms with Crippen molar-refractivity contribution in [2.24, 2.45) is 5.92 Å². The molecule has 0 spiro atoms. The Kier molecular flexibility index (Phi) is 75.5. The number of phosphoric acid groups is 1. The van der Waals surface area contributed by atoms with E-state index < -0.39 is 156 Å². The standard InChI is InChI=1S/C102H193N2O21P/c1-9-15-20-25-30-35-36-37-38-45-48-55-62-70-83(8)119-86(73-65-58-51-42-33-28-23-18-12-4)78-91(109)103-95-99(123-93(111)77-85(107)72-64-57-50-41-32-27-22-17-11-3)97(113)89(121-101(95)114)81-118-102-96(104-90(108)76-84(106)71-63-56-49-40-31-26-21-16-10-2)100(98(88(80-105)122-102)125-126(115,116)117)124-94(112)79-87(74-66-59-52-43-34-29-24-19-13-5)120-92(110)75-67-60-53-46-39-44-47-54-61-69-82(7)68-14-6/h82,84-89,95-102,105-107,113-114H,8-81H2,1-7H3,(H,103,109)(H,104,108)(H2,115,116,117)/t82?,84?,85?,86?,87?,88?,89?,95?,96?,97-,98-,99-,100-,101?,102-/m1/s1. The van der Waals surface area contributed by atoms with Gasteiger partial charge in [-0.2, -0.15) is 0 Å². The molecule has 2 heterocycles. The molecule has 9 N–H and O–H groups in total. The highest BCUT2D eigenvalue weighted by molar-refractivity contribution is 7.46. The number of amides is 2. The molecule has 0 radical (unpaired) electrons. The van der Waals surface area contributed by atoms with Crippen LogP contribution in [-0.2, 0) is 66.2 Å². The Morgan fingerprint density at radius 3 is 1.13 bits per heavy atom. The Hall–Kier alpha value is -3.32. The zero-order chi connectivity index (χ0) is 92.3. The summed E-state index contributed by atoms with van der Waals surface area (Å²) in [5, 5.41) is 64.2. The number of phosphoric ester groups is 1. The van der Waals surface area contributed by atoms with Crippen LogP contribution in [0.3, 0.4) is 0 Å². The maximum absolute atomic E-state index is 14.9. The van der Waals surface area contributed by atoms with Gasteiger partial charge in [0.15, 0.2) is 24.8 Å². The number of rotatable bonds is 89. The van der Waals surface area contributed by atoms with E-state index in [4.69, 9.17) is 37.7 Å². The van der Waals surface area contributed by atoms with E-state index in [0.717, 1.165) is 192 Å². The van der Waals surface area contributed by atoms with E-state index in [1.807, 2.05) is 0 Å². The molecule has 2 aliphatic rings. The summed E-state index contributed by atoms with van der Waals surface area (Å²) in [4.78, 5) is 93.2. The minimum atomic E-state index is -5.58. The second-order valence-electron chi connectivity index (χ2n) is 37.9. The van der Waals surface area contributed by atoms with Gasteiger partial charge in [0, 0.05) is 12.8 Å². The average molecular weight is 1810 g/mol. The maximum atomic E-state index is 14.9. The molecule has 10 unspecified atom stereocenters. The smallest absolute Gasteiger partial charge is 0.470 e. The topological polar surface area (TPSA) is 342 Å². The van der Waals surface area contributed by atoms with Crippen molar-refractivity contribution in [3.8, 4) is 0 Å². The molecular weight excluding hydrogens is 1620 g/mol. The van der Waals surface area contributed by atoms with Gasteiger partial charge in [-0.05, 0) is 57.3 Å². The quantitative estimate of drug-likeness (QED) is 0.00898. The molecule has 0 bridgehead atoms. The first-order valence-corrected chi connectivity index (χ1v) is 54.1. The summed E-state index contributed by atoms with van der Waals surface area (Å²) in [6.45, 7) is 18.1. The number of unbranched alkanes of at least 4 members (excludes halogenated alkanes) is 52. The Bertz CT molecular complexity index is 2660.